The highest BCUT2D eigenvalue weighted by Gasteiger charge is 2.30. The van der Waals surface area contributed by atoms with E-state index in [1.807, 2.05) is 31.0 Å². The van der Waals surface area contributed by atoms with Crippen molar-refractivity contribution in [3.63, 3.8) is 0 Å². The Kier molecular flexibility index (Phi) is 6.42. The Morgan fingerprint density at radius 2 is 2.04 bits per heavy atom. The van der Waals surface area contributed by atoms with Crippen LogP contribution in [0.1, 0.15) is 32.8 Å². The minimum absolute atomic E-state index is 0.112. The van der Waals surface area contributed by atoms with E-state index in [4.69, 9.17) is 0 Å². The summed E-state index contributed by atoms with van der Waals surface area (Å²) in [4.78, 5) is 28.2. The molecule has 25 heavy (non-hydrogen) atoms. The molecule has 0 bridgehead atoms. The minimum atomic E-state index is -0.125. The normalized spacial score (nSPS) is 20.8. The van der Waals surface area contributed by atoms with Crippen LogP contribution in [0.15, 0.2) is 18.2 Å². The van der Waals surface area contributed by atoms with Crippen LogP contribution in [0.4, 0.5) is 16.2 Å². The fourth-order valence-corrected chi connectivity index (χ4v) is 3.47. The standard InChI is InChI=1S/C19H30N4O2/c1-6-23-10-9-18(14(3)12-23)22(5)19(25)21-16-8-7-13(2)17(11-16)20-15(4)24/h7-8,11,14,18H,6,9-10,12H2,1-5H3,(H,20,24)(H,21,25). The van der Waals surface area contributed by atoms with Gasteiger partial charge in [0, 0.05) is 44.5 Å². The van der Waals surface area contributed by atoms with Gasteiger partial charge in [0.25, 0.3) is 0 Å². The van der Waals surface area contributed by atoms with Crippen LogP contribution in [0, 0.1) is 12.8 Å². The zero-order valence-corrected chi connectivity index (χ0v) is 15.9. The lowest BCUT2D eigenvalue weighted by Crippen LogP contribution is -2.51. The second-order valence-electron chi connectivity index (χ2n) is 6.98. The maximum atomic E-state index is 12.6. The van der Waals surface area contributed by atoms with Crippen LogP contribution in [0.3, 0.4) is 0 Å². The van der Waals surface area contributed by atoms with E-state index in [1.54, 1.807) is 6.07 Å². The number of carbonyl (C=O) groups excluding carboxylic acids is 2. The Bertz CT molecular complexity index is 632. The molecule has 1 aromatic rings. The number of rotatable bonds is 4. The Morgan fingerprint density at radius 3 is 2.64 bits per heavy atom. The minimum Gasteiger partial charge on any atom is -0.326 e. The third-order valence-electron chi connectivity index (χ3n) is 5.01. The van der Waals surface area contributed by atoms with Gasteiger partial charge in [-0.3, -0.25) is 4.79 Å². The van der Waals surface area contributed by atoms with E-state index in [0.717, 1.165) is 37.3 Å². The molecule has 138 valence electrons. The van der Waals surface area contributed by atoms with E-state index in [1.165, 1.54) is 6.92 Å². The number of piperidine rings is 1. The van der Waals surface area contributed by atoms with Crippen molar-refractivity contribution in [1.82, 2.24) is 9.80 Å². The molecule has 0 saturated carbocycles. The van der Waals surface area contributed by atoms with Crippen molar-refractivity contribution in [2.75, 3.05) is 37.3 Å². The first kappa shape index (κ1) is 19.2. The molecule has 2 N–H and O–H groups in total. The fraction of sp³-hybridized carbons (Fsp3) is 0.579. The summed E-state index contributed by atoms with van der Waals surface area (Å²) in [5.41, 5.74) is 2.37. The zero-order chi connectivity index (χ0) is 18.6. The zero-order valence-electron chi connectivity index (χ0n) is 15.9. The molecular formula is C19H30N4O2. The fourth-order valence-electron chi connectivity index (χ4n) is 3.47. The van der Waals surface area contributed by atoms with Crippen molar-refractivity contribution in [1.29, 1.82) is 0 Å². The van der Waals surface area contributed by atoms with Gasteiger partial charge in [-0.2, -0.15) is 0 Å². The third kappa shape index (κ3) is 4.95. The van der Waals surface area contributed by atoms with Gasteiger partial charge in [0.15, 0.2) is 0 Å². The Morgan fingerprint density at radius 1 is 1.32 bits per heavy atom. The summed E-state index contributed by atoms with van der Waals surface area (Å²) < 4.78 is 0. The number of likely N-dealkylation sites (tertiary alicyclic amines) is 1. The highest BCUT2D eigenvalue weighted by atomic mass is 16.2. The Hall–Kier alpha value is -2.08. The molecule has 6 heteroatoms. The van der Waals surface area contributed by atoms with Crippen molar-refractivity contribution < 1.29 is 9.59 Å². The van der Waals surface area contributed by atoms with Gasteiger partial charge in [0.2, 0.25) is 5.91 Å². The number of urea groups is 1. The van der Waals surface area contributed by atoms with Gasteiger partial charge in [-0.15, -0.1) is 0 Å². The SMILES string of the molecule is CCN1CCC(N(C)C(=O)Nc2ccc(C)c(NC(C)=O)c2)C(C)C1. The van der Waals surface area contributed by atoms with Gasteiger partial charge in [-0.25, -0.2) is 4.79 Å². The quantitative estimate of drug-likeness (QED) is 0.880. The average molecular weight is 346 g/mol. The molecule has 0 aliphatic carbocycles. The van der Waals surface area contributed by atoms with E-state index in [0.29, 0.717) is 11.6 Å². The number of anilines is 2. The smallest absolute Gasteiger partial charge is 0.321 e. The second kappa shape index (κ2) is 8.34. The van der Waals surface area contributed by atoms with E-state index in [2.05, 4.69) is 29.4 Å². The molecule has 1 fully saturated rings. The predicted molar refractivity (Wildman–Crippen MR) is 102 cm³/mol. The molecule has 1 heterocycles. The van der Waals surface area contributed by atoms with Gasteiger partial charge in [0.05, 0.1) is 0 Å². The van der Waals surface area contributed by atoms with Crippen molar-refractivity contribution in [2.24, 2.45) is 5.92 Å². The molecule has 0 aromatic heterocycles. The average Bonchev–Trinajstić information content (AvgIpc) is 2.56. The lowest BCUT2D eigenvalue weighted by Gasteiger charge is -2.40. The number of hydrogen-bond acceptors (Lipinski definition) is 3. The predicted octanol–water partition coefficient (Wildman–Crippen LogP) is 3.15. The summed E-state index contributed by atoms with van der Waals surface area (Å²) >= 11 is 0. The van der Waals surface area contributed by atoms with E-state index in [9.17, 15) is 9.59 Å². The molecule has 1 aliphatic rings. The molecular weight excluding hydrogens is 316 g/mol. The van der Waals surface area contributed by atoms with E-state index < -0.39 is 0 Å². The van der Waals surface area contributed by atoms with Gasteiger partial charge >= 0.3 is 6.03 Å². The summed E-state index contributed by atoms with van der Waals surface area (Å²) in [6.45, 7) is 10.9. The maximum absolute atomic E-state index is 12.6. The Balaban J connectivity index is 2.02. The number of nitrogens with one attached hydrogen (secondary N) is 2. The number of benzene rings is 1. The first-order valence-electron chi connectivity index (χ1n) is 8.96. The molecule has 2 atom stereocenters. The van der Waals surface area contributed by atoms with Crippen LogP contribution >= 0.6 is 0 Å². The number of amides is 3. The van der Waals surface area contributed by atoms with Crippen molar-refractivity contribution in [3.05, 3.63) is 23.8 Å². The molecule has 3 amide bonds. The summed E-state index contributed by atoms with van der Waals surface area (Å²) in [5, 5.41) is 5.74. The molecule has 2 rings (SSSR count). The first-order valence-corrected chi connectivity index (χ1v) is 8.96. The topological polar surface area (TPSA) is 64.7 Å². The molecule has 0 spiro atoms. The Labute approximate surface area is 150 Å². The number of hydrogen-bond donors (Lipinski definition) is 2. The largest absolute Gasteiger partial charge is 0.326 e. The van der Waals surface area contributed by atoms with Gasteiger partial charge < -0.3 is 20.4 Å². The third-order valence-corrected chi connectivity index (χ3v) is 5.01. The summed E-state index contributed by atoms with van der Waals surface area (Å²) in [6.07, 6.45) is 0.990. The van der Waals surface area contributed by atoms with Crippen LogP contribution in [0.2, 0.25) is 0 Å². The van der Waals surface area contributed by atoms with Crippen molar-refractivity contribution >= 4 is 23.3 Å². The molecule has 6 nitrogen and oxygen atoms in total. The summed E-state index contributed by atoms with van der Waals surface area (Å²) in [6, 6.07) is 5.67. The van der Waals surface area contributed by atoms with E-state index >= 15 is 0 Å². The molecule has 1 saturated heterocycles. The van der Waals surface area contributed by atoms with Crippen LogP contribution in [-0.2, 0) is 4.79 Å². The number of nitrogens with zero attached hydrogens (tertiary/aromatic N) is 2. The summed E-state index contributed by atoms with van der Waals surface area (Å²) in [7, 11) is 1.86. The van der Waals surface area contributed by atoms with Gasteiger partial charge in [-0.1, -0.05) is 19.9 Å². The summed E-state index contributed by atoms with van der Waals surface area (Å²) in [5.74, 6) is 0.317. The lowest BCUT2D eigenvalue weighted by molar-refractivity contribution is -0.114. The molecule has 0 radical (unpaired) electrons. The second-order valence-corrected chi connectivity index (χ2v) is 6.98. The molecule has 1 aromatic carbocycles. The van der Waals surface area contributed by atoms with Gasteiger partial charge in [-0.05, 0) is 43.5 Å². The monoisotopic (exact) mass is 346 g/mol. The highest BCUT2D eigenvalue weighted by molar-refractivity contribution is 5.93. The van der Waals surface area contributed by atoms with Crippen molar-refractivity contribution in [3.8, 4) is 0 Å². The van der Waals surface area contributed by atoms with Crippen molar-refractivity contribution in [2.45, 2.75) is 40.2 Å². The van der Waals surface area contributed by atoms with E-state index in [-0.39, 0.29) is 18.0 Å². The highest BCUT2D eigenvalue weighted by Crippen LogP contribution is 2.23. The van der Waals surface area contributed by atoms with Crippen LogP contribution in [0.25, 0.3) is 0 Å². The molecule has 1 aliphatic heterocycles. The van der Waals surface area contributed by atoms with Crippen LogP contribution < -0.4 is 10.6 Å². The molecule has 2 unspecified atom stereocenters. The number of aryl methyl sites for hydroxylation is 1. The lowest BCUT2D eigenvalue weighted by atomic mass is 9.93. The van der Waals surface area contributed by atoms with Gasteiger partial charge in [0.1, 0.15) is 0 Å². The van der Waals surface area contributed by atoms with Crippen LogP contribution in [-0.4, -0.2) is 54.5 Å². The first-order chi connectivity index (χ1) is 11.8. The number of carbonyl (C=O) groups is 2. The van der Waals surface area contributed by atoms with Crippen LogP contribution in [0.5, 0.6) is 0 Å². The maximum Gasteiger partial charge on any atom is 0.321 e.